The Morgan fingerprint density at radius 1 is 1.06 bits per heavy atom. The number of ether oxygens (including phenoxy) is 1. The van der Waals surface area contributed by atoms with Crippen LogP contribution in [-0.2, 0) is 0 Å². The molecule has 96 valence electrons. The summed E-state index contributed by atoms with van der Waals surface area (Å²) in [4.78, 5) is 6.49. The number of halogens is 4. The van der Waals surface area contributed by atoms with Crippen LogP contribution in [0.15, 0.2) is 24.3 Å². The van der Waals surface area contributed by atoms with Crippen molar-refractivity contribution in [3.8, 4) is 5.75 Å². The van der Waals surface area contributed by atoms with Gasteiger partial charge >= 0.3 is 102 Å². The number of hydrogen-bond donors (Lipinski definition) is 0. The standard InChI is InChI=1S/C8H5F4O.3CH3.Sn/c9-7(10)8(11,12)13-6-4-2-1-3-5-6;;;;/h2-5,7H;3*1H3;. The van der Waals surface area contributed by atoms with Crippen molar-refractivity contribution in [1.82, 2.24) is 0 Å². The Hall–Kier alpha value is -0.461. The van der Waals surface area contributed by atoms with Crippen molar-refractivity contribution < 1.29 is 22.3 Å². The molecule has 1 aromatic rings. The Bertz CT molecular complexity index is 370. The maximum atomic E-state index is 12.6. The van der Waals surface area contributed by atoms with Crippen LogP contribution in [0.5, 0.6) is 5.75 Å². The predicted molar refractivity (Wildman–Crippen MR) is 61.0 cm³/mol. The van der Waals surface area contributed by atoms with E-state index in [9.17, 15) is 17.6 Å². The minimum absolute atomic E-state index is 0.241. The zero-order valence-corrected chi connectivity index (χ0v) is 12.7. The van der Waals surface area contributed by atoms with Crippen LogP contribution < -0.4 is 8.32 Å². The van der Waals surface area contributed by atoms with Gasteiger partial charge in [-0.1, -0.05) is 0 Å². The fourth-order valence-corrected chi connectivity index (χ4v) is 4.55. The van der Waals surface area contributed by atoms with E-state index in [1.54, 1.807) is 12.1 Å². The van der Waals surface area contributed by atoms with Gasteiger partial charge in [0.05, 0.1) is 0 Å². The van der Waals surface area contributed by atoms with Crippen molar-refractivity contribution >= 4 is 22.0 Å². The predicted octanol–water partition coefficient (Wildman–Crippen LogP) is 3.47. The van der Waals surface area contributed by atoms with Crippen molar-refractivity contribution in [3.63, 3.8) is 0 Å². The van der Waals surface area contributed by atoms with Crippen LogP contribution >= 0.6 is 0 Å². The Balaban J connectivity index is 2.83. The van der Waals surface area contributed by atoms with E-state index < -0.39 is 30.9 Å². The van der Waals surface area contributed by atoms with Crippen LogP contribution in [0.25, 0.3) is 0 Å². The molecule has 0 heterocycles. The van der Waals surface area contributed by atoms with E-state index in [-0.39, 0.29) is 5.75 Å². The molecule has 0 bridgehead atoms. The zero-order chi connectivity index (χ0) is 13.3. The van der Waals surface area contributed by atoms with E-state index >= 15 is 0 Å². The summed E-state index contributed by atoms with van der Waals surface area (Å²) in [5, 5.41) is 0. The van der Waals surface area contributed by atoms with Crippen LogP contribution in [0.2, 0.25) is 14.8 Å². The molecule has 0 N–H and O–H groups in total. The van der Waals surface area contributed by atoms with Crippen LogP contribution in [0.1, 0.15) is 0 Å². The quantitative estimate of drug-likeness (QED) is 0.593. The maximum absolute atomic E-state index is 12.6. The molecule has 0 aliphatic rings. The van der Waals surface area contributed by atoms with Crippen LogP contribution in [-0.4, -0.2) is 30.9 Å². The monoisotopic (exact) mass is 358 g/mol. The van der Waals surface area contributed by atoms with Crippen molar-refractivity contribution in [2.45, 2.75) is 27.4 Å². The second-order valence-corrected chi connectivity index (χ2v) is 19.2. The van der Waals surface area contributed by atoms with Crippen molar-refractivity contribution in [2.24, 2.45) is 0 Å². The molecule has 0 unspecified atom stereocenters. The Kier molecular flexibility index (Phi) is 4.32. The summed E-state index contributed by atoms with van der Waals surface area (Å²) in [6, 6.07) is 5.97. The third kappa shape index (κ3) is 4.04. The molecule has 0 aromatic heterocycles. The van der Waals surface area contributed by atoms with Gasteiger partial charge in [-0.05, 0) is 0 Å². The molecule has 0 fully saturated rings. The summed E-state index contributed by atoms with van der Waals surface area (Å²) < 4.78 is 54.1. The SMILES string of the molecule is [CH3][Sn]([CH3])([CH3])[c]1ccc(OC(F)(F)C(F)F)cc1. The van der Waals surface area contributed by atoms with Gasteiger partial charge in [0.2, 0.25) is 0 Å². The third-order valence-electron chi connectivity index (χ3n) is 2.23. The van der Waals surface area contributed by atoms with Crippen molar-refractivity contribution in [2.75, 3.05) is 0 Å². The number of hydrogen-bond acceptors (Lipinski definition) is 1. The van der Waals surface area contributed by atoms with Gasteiger partial charge < -0.3 is 0 Å². The second-order valence-electron chi connectivity index (χ2n) is 4.74. The van der Waals surface area contributed by atoms with E-state index in [1.807, 2.05) is 0 Å². The molecule has 1 rings (SSSR count). The molecule has 0 amide bonds. The normalized spacial score (nSPS) is 12.9. The molecule has 17 heavy (non-hydrogen) atoms. The van der Waals surface area contributed by atoms with Crippen molar-refractivity contribution in [1.29, 1.82) is 0 Å². The van der Waals surface area contributed by atoms with Gasteiger partial charge in [0.1, 0.15) is 0 Å². The van der Waals surface area contributed by atoms with Gasteiger partial charge in [-0.15, -0.1) is 0 Å². The minimum atomic E-state index is -4.44. The molecule has 0 radical (unpaired) electrons. The summed E-state index contributed by atoms with van der Waals surface area (Å²) in [5.41, 5.74) is 0. The first-order valence-electron chi connectivity index (χ1n) is 5.08. The summed E-state index contributed by atoms with van der Waals surface area (Å²) in [7, 11) is 0. The number of benzene rings is 1. The molecule has 1 nitrogen and oxygen atoms in total. The Morgan fingerprint density at radius 3 is 1.88 bits per heavy atom. The molecule has 0 saturated carbocycles. The van der Waals surface area contributed by atoms with E-state index in [2.05, 4.69) is 19.6 Å². The van der Waals surface area contributed by atoms with Crippen molar-refractivity contribution in [3.05, 3.63) is 24.3 Å². The van der Waals surface area contributed by atoms with Gasteiger partial charge in [-0.3, -0.25) is 0 Å². The van der Waals surface area contributed by atoms with Gasteiger partial charge in [-0.25, -0.2) is 0 Å². The van der Waals surface area contributed by atoms with Gasteiger partial charge in [0.25, 0.3) is 0 Å². The molecular formula is C11H14F4OSn. The number of rotatable bonds is 4. The number of alkyl halides is 4. The van der Waals surface area contributed by atoms with E-state index in [0.717, 1.165) is 3.58 Å². The molecule has 1 aromatic carbocycles. The molecule has 0 spiro atoms. The van der Waals surface area contributed by atoms with Gasteiger partial charge in [-0.2, -0.15) is 0 Å². The average Bonchev–Trinajstić information content (AvgIpc) is 2.16. The topological polar surface area (TPSA) is 9.23 Å². The fourth-order valence-electron chi connectivity index (χ4n) is 1.22. The van der Waals surface area contributed by atoms with Gasteiger partial charge in [0, 0.05) is 0 Å². The molecule has 0 aliphatic heterocycles. The summed E-state index contributed by atoms with van der Waals surface area (Å²) in [5.74, 6) is -0.241. The first-order chi connectivity index (χ1) is 7.63. The van der Waals surface area contributed by atoms with Gasteiger partial charge in [0.15, 0.2) is 0 Å². The zero-order valence-electron chi connectivity index (χ0n) is 9.81. The molecule has 6 heteroatoms. The van der Waals surface area contributed by atoms with Crippen LogP contribution in [0.3, 0.4) is 0 Å². The summed E-state index contributed by atoms with van der Waals surface area (Å²) >= 11 is -2.24. The summed E-state index contributed by atoms with van der Waals surface area (Å²) in [6.07, 6.45) is -8.27. The molecule has 0 saturated heterocycles. The Morgan fingerprint density at radius 2 is 1.53 bits per heavy atom. The molecule has 0 aliphatic carbocycles. The Labute approximate surface area is 102 Å². The summed E-state index contributed by atoms with van der Waals surface area (Å²) in [6.45, 7) is 0. The third-order valence-corrected chi connectivity index (χ3v) is 8.12. The first kappa shape index (κ1) is 14.6. The fraction of sp³-hybridized carbons (Fsp3) is 0.455. The molecule has 0 atom stereocenters. The second kappa shape index (κ2) is 5.04. The van der Waals surface area contributed by atoms with E-state index in [4.69, 9.17) is 0 Å². The molecular weight excluding hydrogens is 343 g/mol. The van der Waals surface area contributed by atoms with Crippen LogP contribution in [0.4, 0.5) is 17.6 Å². The van der Waals surface area contributed by atoms with E-state index in [1.165, 1.54) is 12.1 Å². The van der Waals surface area contributed by atoms with Crippen LogP contribution in [0, 0.1) is 0 Å². The first-order valence-corrected chi connectivity index (χ1v) is 15.1. The van der Waals surface area contributed by atoms with E-state index in [0.29, 0.717) is 0 Å². The average molecular weight is 357 g/mol.